The molecule has 8 heteroatoms. The first-order valence-electron chi connectivity index (χ1n) is 5.76. The molecule has 1 amide bonds. The maximum Gasteiger partial charge on any atom is 0.279 e. The van der Waals surface area contributed by atoms with Gasteiger partial charge >= 0.3 is 0 Å². The van der Waals surface area contributed by atoms with Crippen molar-refractivity contribution < 1.29 is 4.79 Å². The second-order valence-corrected chi connectivity index (χ2v) is 4.89. The minimum absolute atomic E-state index is 0.272. The number of hydrogen-bond acceptors (Lipinski definition) is 5. The minimum Gasteiger partial charge on any atom is -0.327 e. The predicted molar refractivity (Wildman–Crippen MR) is 72.3 cm³/mol. The summed E-state index contributed by atoms with van der Waals surface area (Å²) in [6.07, 6.45) is 3.35. The SMILES string of the molecule is Cn1ccsc1=NC(=O)c1ccc(-n2cnnn2)cc1. The Morgan fingerprint density at radius 1 is 1.30 bits per heavy atom. The molecule has 0 fully saturated rings. The van der Waals surface area contributed by atoms with Crippen LogP contribution in [-0.4, -0.2) is 30.7 Å². The Kier molecular flexibility index (Phi) is 3.21. The molecular formula is C12H10N6OS. The Balaban J connectivity index is 1.89. The fraction of sp³-hybridized carbons (Fsp3) is 0.0833. The van der Waals surface area contributed by atoms with Crippen LogP contribution in [0.2, 0.25) is 0 Å². The van der Waals surface area contributed by atoms with E-state index in [1.165, 1.54) is 22.3 Å². The topological polar surface area (TPSA) is 78.0 Å². The molecule has 0 atom stereocenters. The first-order valence-corrected chi connectivity index (χ1v) is 6.64. The molecule has 0 saturated carbocycles. The van der Waals surface area contributed by atoms with Crippen molar-refractivity contribution in [3.8, 4) is 5.69 Å². The molecule has 0 aliphatic heterocycles. The lowest BCUT2D eigenvalue weighted by Crippen LogP contribution is -2.12. The van der Waals surface area contributed by atoms with Crippen LogP contribution >= 0.6 is 11.3 Å². The molecule has 3 rings (SSSR count). The van der Waals surface area contributed by atoms with Gasteiger partial charge in [0.2, 0.25) is 0 Å². The molecule has 100 valence electrons. The highest BCUT2D eigenvalue weighted by Gasteiger charge is 2.05. The van der Waals surface area contributed by atoms with E-state index in [1.54, 1.807) is 28.8 Å². The lowest BCUT2D eigenvalue weighted by molar-refractivity contribution is 0.0998. The first kappa shape index (κ1) is 12.4. The molecule has 0 bridgehead atoms. The Morgan fingerprint density at radius 3 is 2.70 bits per heavy atom. The van der Waals surface area contributed by atoms with E-state index in [2.05, 4.69) is 20.5 Å². The Hall–Kier alpha value is -2.61. The van der Waals surface area contributed by atoms with Crippen LogP contribution in [0.3, 0.4) is 0 Å². The molecule has 2 heterocycles. The first-order chi connectivity index (χ1) is 9.74. The highest BCUT2D eigenvalue weighted by atomic mass is 32.1. The van der Waals surface area contributed by atoms with Crippen molar-refractivity contribution in [3.63, 3.8) is 0 Å². The van der Waals surface area contributed by atoms with Crippen molar-refractivity contribution in [2.75, 3.05) is 0 Å². The summed E-state index contributed by atoms with van der Waals surface area (Å²) in [6, 6.07) is 6.95. The average Bonchev–Trinajstić information content (AvgIpc) is 3.12. The molecule has 0 N–H and O–H groups in total. The molecule has 2 aromatic heterocycles. The molecule has 0 radical (unpaired) electrons. The largest absolute Gasteiger partial charge is 0.327 e. The number of thiazole rings is 1. The fourth-order valence-corrected chi connectivity index (χ4v) is 2.35. The van der Waals surface area contributed by atoms with Gasteiger partial charge in [-0.1, -0.05) is 0 Å². The van der Waals surface area contributed by atoms with Gasteiger partial charge in [0.1, 0.15) is 6.33 Å². The molecular weight excluding hydrogens is 276 g/mol. The Labute approximate surface area is 117 Å². The van der Waals surface area contributed by atoms with Gasteiger partial charge in [-0.15, -0.1) is 16.4 Å². The maximum atomic E-state index is 12.0. The Bertz CT molecular complexity index is 784. The van der Waals surface area contributed by atoms with E-state index in [1.807, 2.05) is 18.6 Å². The van der Waals surface area contributed by atoms with Crippen LogP contribution in [0.5, 0.6) is 0 Å². The van der Waals surface area contributed by atoms with Crippen LogP contribution in [0.1, 0.15) is 10.4 Å². The second kappa shape index (κ2) is 5.17. The standard InChI is InChI=1S/C12H10N6OS/c1-17-6-7-20-12(17)14-11(19)9-2-4-10(5-3-9)18-8-13-15-16-18/h2-8H,1H3. The van der Waals surface area contributed by atoms with Gasteiger partial charge < -0.3 is 4.57 Å². The van der Waals surface area contributed by atoms with Crippen LogP contribution < -0.4 is 4.80 Å². The van der Waals surface area contributed by atoms with E-state index in [4.69, 9.17) is 0 Å². The van der Waals surface area contributed by atoms with Gasteiger partial charge in [0, 0.05) is 24.2 Å². The van der Waals surface area contributed by atoms with Crippen LogP contribution in [0, 0.1) is 0 Å². The molecule has 3 aromatic rings. The lowest BCUT2D eigenvalue weighted by Gasteiger charge is -2.00. The summed E-state index contributed by atoms with van der Waals surface area (Å²) in [6.45, 7) is 0. The number of rotatable bonds is 2. The number of hydrogen-bond donors (Lipinski definition) is 0. The van der Waals surface area contributed by atoms with Crippen LogP contribution in [0.25, 0.3) is 5.69 Å². The molecule has 0 spiro atoms. The van der Waals surface area contributed by atoms with Gasteiger partial charge in [-0.3, -0.25) is 4.79 Å². The van der Waals surface area contributed by atoms with Crippen molar-refractivity contribution in [2.45, 2.75) is 0 Å². The monoisotopic (exact) mass is 286 g/mol. The molecule has 0 aliphatic rings. The number of carbonyl (C=O) groups excluding carboxylic acids is 1. The molecule has 7 nitrogen and oxygen atoms in total. The number of aromatic nitrogens is 5. The van der Waals surface area contributed by atoms with Gasteiger partial charge in [0.15, 0.2) is 4.80 Å². The molecule has 1 aromatic carbocycles. The van der Waals surface area contributed by atoms with Gasteiger partial charge in [-0.25, -0.2) is 4.68 Å². The molecule has 0 aliphatic carbocycles. The highest BCUT2D eigenvalue weighted by Crippen LogP contribution is 2.08. The summed E-state index contributed by atoms with van der Waals surface area (Å²) in [4.78, 5) is 16.8. The number of carbonyl (C=O) groups is 1. The predicted octanol–water partition coefficient (Wildman–Crippen LogP) is 0.803. The van der Waals surface area contributed by atoms with Gasteiger partial charge in [0.25, 0.3) is 5.91 Å². The maximum absolute atomic E-state index is 12.0. The van der Waals surface area contributed by atoms with Gasteiger partial charge in [0.05, 0.1) is 5.69 Å². The third-order valence-corrected chi connectivity index (χ3v) is 3.53. The third-order valence-electron chi connectivity index (χ3n) is 2.68. The zero-order valence-corrected chi connectivity index (χ0v) is 11.4. The quantitative estimate of drug-likeness (QED) is 0.698. The van der Waals surface area contributed by atoms with Crippen LogP contribution in [0.15, 0.2) is 47.2 Å². The number of aryl methyl sites for hydroxylation is 1. The van der Waals surface area contributed by atoms with Crippen molar-refractivity contribution in [1.29, 1.82) is 0 Å². The average molecular weight is 286 g/mol. The zero-order chi connectivity index (χ0) is 13.9. The minimum atomic E-state index is -0.272. The van der Waals surface area contributed by atoms with Crippen molar-refractivity contribution in [3.05, 3.63) is 52.5 Å². The fourth-order valence-electron chi connectivity index (χ4n) is 1.62. The van der Waals surface area contributed by atoms with E-state index < -0.39 is 0 Å². The number of nitrogens with zero attached hydrogens (tertiary/aromatic N) is 6. The summed E-state index contributed by atoms with van der Waals surface area (Å²) in [5, 5.41) is 12.8. The van der Waals surface area contributed by atoms with Crippen molar-refractivity contribution >= 4 is 17.2 Å². The van der Waals surface area contributed by atoms with Crippen LogP contribution in [-0.2, 0) is 7.05 Å². The smallest absolute Gasteiger partial charge is 0.279 e. The molecule has 0 saturated heterocycles. The van der Waals surface area contributed by atoms with Gasteiger partial charge in [-0.2, -0.15) is 4.99 Å². The van der Waals surface area contributed by atoms with E-state index in [9.17, 15) is 4.79 Å². The van der Waals surface area contributed by atoms with Crippen molar-refractivity contribution in [1.82, 2.24) is 24.8 Å². The molecule has 0 unspecified atom stereocenters. The number of benzene rings is 1. The van der Waals surface area contributed by atoms with E-state index in [0.717, 1.165) is 5.69 Å². The summed E-state index contributed by atoms with van der Waals surface area (Å²) >= 11 is 1.42. The zero-order valence-electron chi connectivity index (χ0n) is 10.5. The number of tetrazole rings is 1. The van der Waals surface area contributed by atoms with Crippen molar-refractivity contribution in [2.24, 2.45) is 12.0 Å². The second-order valence-electron chi connectivity index (χ2n) is 4.01. The van der Waals surface area contributed by atoms with E-state index in [-0.39, 0.29) is 5.91 Å². The number of amides is 1. The lowest BCUT2D eigenvalue weighted by atomic mass is 10.2. The van der Waals surface area contributed by atoms with Gasteiger partial charge in [-0.05, 0) is 34.7 Å². The van der Waals surface area contributed by atoms with Crippen LogP contribution in [0.4, 0.5) is 0 Å². The normalized spacial score (nSPS) is 11.8. The summed E-state index contributed by atoms with van der Waals surface area (Å²) in [5.41, 5.74) is 1.31. The highest BCUT2D eigenvalue weighted by molar-refractivity contribution is 7.07. The van der Waals surface area contributed by atoms with E-state index >= 15 is 0 Å². The summed E-state index contributed by atoms with van der Waals surface area (Å²) in [7, 11) is 1.85. The summed E-state index contributed by atoms with van der Waals surface area (Å²) < 4.78 is 3.32. The molecule has 20 heavy (non-hydrogen) atoms. The summed E-state index contributed by atoms with van der Waals surface area (Å²) in [5.74, 6) is -0.272. The third kappa shape index (κ3) is 2.41. The Morgan fingerprint density at radius 2 is 2.10 bits per heavy atom. The van der Waals surface area contributed by atoms with E-state index in [0.29, 0.717) is 10.4 Å².